The summed E-state index contributed by atoms with van der Waals surface area (Å²) >= 11 is 0. The van der Waals surface area contributed by atoms with Gasteiger partial charge in [0, 0.05) is 11.1 Å². The molecule has 7 nitrogen and oxygen atoms in total. The van der Waals surface area contributed by atoms with E-state index in [1.165, 1.54) is 14.2 Å². The second-order valence-electron chi connectivity index (χ2n) is 6.99. The third kappa shape index (κ3) is 6.14. The highest BCUT2D eigenvalue weighted by Gasteiger charge is 2.14. The second-order valence-corrected chi connectivity index (χ2v) is 6.99. The van der Waals surface area contributed by atoms with E-state index in [0.29, 0.717) is 40.9 Å². The highest BCUT2D eigenvalue weighted by atomic mass is 16.5. The quantitative estimate of drug-likeness (QED) is 0.663. The summed E-state index contributed by atoms with van der Waals surface area (Å²) in [4.78, 5) is 24.7. The van der Waals surface area contributed by atoms with Gasteiger partial charge in [-0.1, -0.05) is 19.9 Å². The lowest BCUT2D eigenvalue weighted by Crippen LogP contribution is -2.41. The Morgan fingerprint density at radius 3 is 1.97 bits per heavy atom. The van der Waals surface area contributed by atoms with E-state index in [4.69, 9.17) is 14.2 Å². The molecule has 156 valence electrons. The molecule has 2 aromatic carbocycles. The largest absolute Gasteiger partial charge is 0.496 e. The lowest BCUT2D eigenvalue weighted by molar-refractivity contribution is 0.0846. The Labute approximate surface area is 171 Å². The minimum Gasteiger partial charge on any atom is -0.496 e. The molecule has 0 unspecified atom stereocenters. The van der Waals surface area contributed by atoms with Gasteiger partial charge in [-0.2, -0.15) is 0 Å². The fourth-order valence-electron chi connectivity index (χ4n) is 2.55. The standard InChI is InChI=1S/C22H28N2O5/c1-14(2)10-11-29-18-9-8-17(13-20(18)28-5)22(26)24-23-21(25)16-7-6-15(3)19(12-16)27-4/h6-9,12-14H,10-11H2,1-5H3,(H,23,25)(H,24,26). The Kier molecular flexibility index (Phi) is 7.88. The number of amides is 2. The molecule has 0 bridgehead atoms. The van der Waals surface area contributed by atoms with Crippen LogP contribution >= 0.6 is 0 Å². The summed E-state index contributed by atoms with van der Waals surface area (Å²) in [5, 5.41) is 0. The first kappa shape index (κ1) is 22.1. The highest BCUT2D eigenvalue weighted by Crippen LogP contribution is 2.28. The minimum absolute atomic E-state index is 0.333. The molecule has 2 aromatic rings. The van der Waals surface area contributed by atoms with Crippen LogP contribution in [0.2, 0.25) is 0 Å². The number of carbonyl (C=O) groups excluding carboxylic acids is 2. The van der Waals surface area contributed by atoms with Crippen molar-refractivity contribution < 1.29 is 23.8 Å². The third-order valence-electron chi connectivity index (χ3n) is 4.34. The van der Waals surface area contributed by atoms with Gasteiger partial charge in [-0.05, 0) is 55.2 Å². The van der Waals surface area contributed by atoms with Crippen LogP contribution < -0.4 is 25.1 Å². The summed E-state index contributed by atoms with van der Waals surface area (Å²) in [6, 6.07) is 9.92. The molecular formula is C22H28N2O5. The Bertz CT molecular complexity index is 864. The predicted octanol–water partition coefficient (Wildman–Crippen LogP) is 3.51. The van der Waals surface area contributed by atoms with Crippen molar-refractivity contribution in [1.29, 1.82) is 0 Å². The smallest absolute Gasteiger partial charge is 0.269 e. The van der Waals surface area contributed by atoms with Gasteiger partial charge in [0.15, 0.2) is 11.5 Å². The van der Waals surface area contributed by atoms with E-state index in [2.05, 4.69) is 24.7 Å². The van der Waals surface area contributed by atoms with E-state index in [-0.39, 0.29) is 0 Å². The fourth-order valence-corrected chi connectivity index (χ4v) is 2.55. The molecule has 0 saturated carbocycles. The summed E-state index contributed by atoms with van der Waals surface area (Å²) in [6.07, 6.45) is 0.918. The van der Waals surface area contributed by atoms with Gasteiger partial charge in [0.2, 0.25) is 0 Å². The van der Waals surface area contributed by atoms with Crippen LogP contribution in [0.4, 0.5) is 0 Å². The Morgan fingerprint density at radius 1 is 0.862 bits per heavy atom. The molecule has 0 heterocycles. The molecule has 0 aliphatic rings. The molecule has 2 rings (SSSR count). The number of ether oxygens (including phenoxy) is 3. The molecule has 2 N–H and O–H groups in total. The monoisotopic (exact) mass is 400 g/mol. The van der Waals surface area contributed by atoms with Crippen LogP contribution in [0.5, 0.6) is 17.2 Å². The van der Waals surface area contributed by atoms with Crippen LogP contribution in [0.3, 0.4) is 0 Å². The molecule has 0 saturated heterocycles. The first-order chi connectivity index (χ1) is 13.8. The van der Waals surface area contributed by atoms with Gasteiger partial charge in [0.1, 0.15) is 5.75 Å². The molecule has 0 spiro atoms. The van der Waals surface area contributed by atoms with Crippen molar-refractivity contribution in [1.82, 2.24) is 10.9 Å². The molecule has 0 aliphatic heterocycles. The van der Waals surface area contributed by atoms with Gasteiger partial charge in [-0.3, -0.25) is 20.4 Å². The molecule has 0 aliphatic carbocycles. The maximum absolute atomic E-state index is 12.4. The normalized spacial score (nSPS) is 10.4. The maximum Gasteiger partial charge on any atom is 0.269 e. The minimum atomic E-state index is -0.468. The average Bonchev–Trinajstić information content (AvgIpc) is 2.71. The second kappa shape index (κ2) is 10.4. The molecule has 0 atom stereocenters. The summed E-state index contributed by atoms with van der Waals surface area (Å²) < 4.78 is 16.3. The summed E-state index contributed by atoms with van der Waals surface area (Å²) in [5.41, 5.74) is 6.42. The van der Waals surface area contributed by atoms with Crippen LogP contribution in [0.25, 0.3) is 0 Å². The number of carbonyl (C=O) groups is 2. The zero-order valence-electron chi connectivity index (χ0n) is 17.5. The Morgan fingerprint density at radius 2 is 1.41 bits per heavy atom. The van der Waals surface area contributed by atoms with Crippen LogP contribution in [-0.4, -0.2) is 32.6 Å². The predicted molar refractivity (Wildman–Crippen MR) is 111 cm³/mol. The van der Waals surface area contributed by atoms with Crippen LogP contribution in [0.15, 0.2) is 36.4 Å². The molecule has 29 heavy (non-hydrogen) atoms. The molecular weight excluding hydrogens is 372 g/mol. The number of methoxy groups -OCH3 is 2. The first-order valence-electron chi connectivity index (χ1n) is 9.41. The SMILES string of the molecule is COc1cc(C(=O)NNC(=O)c2ccc(OCCC(C)C)c(OC)c2)ccc1C. The van der Waals surface area contributed by atoms with Gasteiger partial charge < -0.3 is 14.2 Å². The Balaban J connectivity index is 2.00. The molecule has 0 radical (unpaired) electrons. The van der Waals surface area contributed by atoms with Crippen molar-refractivity contribution in [3.63, 3.8) is 0 Å². The van der Waals surface area contributed by atoms with Crippen molar-refractivity contribution >= 4 is 11.8 Å². The van der Waals surface area contributed by atoms with Crippen LogP contribution in [0.1, 0.15) is 46.5 Å². The maximum atomic E-state index is 12.4. The number of benzene rings is 2. The van der Waals surface area contributed by atoms with Gasteiger partial charge in [-0.25, -0.2) is 0 Å². The highest BCUT2D eigenvalue weighted by molar-refractivity contribution is 5.99. The van der Waals surface area contributed by atoms with Gasteiger partial charge in [0.25, 0.3) is 11.8 Å². The van der Waals surface area contributed by atoms with Crippen LogP contribution in [-0.2, 0) is 0 Å². The number of hydrogen-bond donors (Lipinski definition) is 2. The summed E-state index contributed by atoms with van der Waals surface area (Å²) in [6.45, 7) is 6.69. The van der Waals surface area contributed by atoms with E-state index < -0.39 is 11.8 Å². The van der Waals surface area contributed by atoms with E-state index in [1.807, 2.05) is 6.92 Å². The number of aryl methyl sites for hydroxylation is 1. The molecule has 0 aromatic heterocycles. The molecule has 0 fully saturated rings. The molecule has 7 heteroatoms. The summed E-state index contributed by atoms with van der Waals surface area (Å²) in [5.74, 6) is 1.24. The van der Waals surface area contributed by atoms with Crippen molar-refractivity contribution in [2.24, 2.45) is 5.92 Å². The lowest BCUT2D eigenvalue weighted by Gasteiger charge is -2.13. The third-order valence-corrected chi connectivity index (χ3v) is 4.34. The van der Waals surface area contributed by atoms with Gasteiger partial charge in [0.05, 0.1) is 20.8 Å². The average molecular weight is 400 g/mol. The van der Waals surface area contributed by atoms with E-state index in [1.54, 1.807) is 36.4 Å². The Hall–Kier alpha value is -3.22. The van der Waals surface area contributed by atoms with Crippen molar-refractivity contribution in [2.75, 3.05) is 20.8 Å². The van der Waals surface area contributed by atoms with Crippen molar-refractivity contribution in [3.05, 3.63) is 53.1 Å². The van der Waals surface area contributed by atoms with E-state index >= 15 is 0 Å². The lowest BCUT2D eigenvalue weighted by atomic mass is 10.1. The number of hydrogen-bond acceptors (Lipinski definition) is 5. The van der Waals surface area contributed by atoms with E-state index in [9.17, 15) is 9.59 Å². The van der Waals surface area contributed by atoms with E-state index in [0.717, 1.165) is 12.0 Å². The topological polar surface area (TPSA) is 85.9 Å². The number of rotatable bonds is 8. The first-order valence-corrected chi connectivity index (χ1v) is 9.41. The van der Waals surface area contributed by atoms with Crippen molar-refractivity contribution in [3.8, 4) is 17.2 Å². The van der Waals surface area contributed by atoms with Crippen LogP contribution in [0, 0.1) is 12.8 Å². The van der Waals surface area contributed by atoms with Gasteiger partial charge in [-0.15, -0.1) is 0 Å². The number of hydrazine groups is 1. The number of nitrogens with one attached hydrogen (secondary N) is 2. The summed E-state index contributed by atoms with van der Waals surface area (Å²) in [7, 11) is 3.05. The van der Waals surface area contributed by atoms with Crippen molar-refractivity contribution in [2.45, 2.75) is 27.2 Å². The zero-order valence-corrected chi connectivity index (χ0v) is 17.5. The fraction of sp³-hybridized carbons (Fsp3) is 0.364. The van der Waals surface area contributed by atoms with Gasteiger partial charge >= 0.3 is 0 Å². The zero-order chi connectivity index (χ0) is 21.4. The molecule has 2 amide bonds.